The van der Waals surface area contributed by atoms with Crippen LogP contribution in [0.25, 0.3) is 10.9 Å². The predicted molar refractivity (Wildman–Crippen MR) is 105 cm³/mol. The first-order valence-corrected chi connectivity index (χ1v) is 9.14. The number of rotatable bonds is 3. The smallest absolute Gasteiger partial charge is 0.270 e. The molecule has 0 atom stereocenters. The molecule has 3 aromatic rings. The molecule has 0 radical (unpaired) electrons. The van der Waals surface area contributed by atoms with Crippen molar-refractivity contribution in [3.05, 3.63) is 59.9 Å². The third-order valence-corrected chi connectivity index (χ3v) is 5.31. The Kier molecular flexibility index (Phi) is 4.37. The molecule has 3 heterocycles. The number of hydrogen-bond donors (Lipinski definition) is 1. The van der Waals surface area contributed by atoms with Gasteiger partial charge in [-0.3, -0.25) is 4.79 Å². The number of anilines is 1. The van der Waals surface area contributed by atoms with Crippen LogP contribution in [0.3, 0.4) is 0 Å². The standard InChI is InChI=1S/C21H24N4O/c1-15-6-7-16-14-19(23-18(16)13-15)21(26)24(2)17-8-11-25(12-9-17)20-5-3-4-10-22-20/h3-7,10,13-14,17,23H,8-9,11-12H2,1-2H3. The van der Waals surface area contributed by atoms with Crippen LogP contribution in [-0.2, 0) is 0 Å². The first kappa shape index (κ1) is 16.6. The van der Waals surface area contributed by atoms with Gasteiger partial charge in [-0.05, 0) is 49.6 Å². The molecule has 1 aliphatic heterocycles. The highest BCUT2D eigenvalue weighted by Crippen LogP contribution is 2.23. The average Bonchev–Trinajstić information content (AvgIpc) is 3.11. The zero-order valence-electron chi connectivity index (χ0n) is 15.3. The van der Waals surface area contributed by atoms with Gasteiger partial charge in [-0.15, -0.1) is 0 Å². The first-order chi connectivity index (χ1) is 12.6. The van der Waals surface area contributed by atoms with Crippen LogP contribution in [0.4, 0.5) is 5.82 Å². The maximum absolute atomic E-state index is 12.9. The molecule has 1 aliphatic rings. The Labute approximate surface area is 153 Å². The van der Waals surface area contributed by atoms with Crippen LogP contribution >= 0.6 is 0 Å². The molecule has 5 heteroatoms. The highest BCUT2D eigenvalue weighted by molar-refractivity contribution is 5.98. The van der Waals surface area contributed by atoms with Crippen LogP contribution in [0.1, 0.15) is 28.9 Å². The van der Waals surface area contributed by atoms with Crippen molar-refractivity contribution in [3.8, 4) is 0 Å². The molecule has 0 saturated carbocycles. The monoisotopic (exact) mass is 348 g/mol. The summed E-state index contributed by atoms with van der Waals surface area (Å²) in [5, 5.41) is 1.08. The number of carbonyl (C=O) groups is 1. The van der Waals surface area contributed by atoms with Crippen LogP contribution in [0, 0.1) is 6.92 Å². The largest absolute Gasteiger partial charge is 0.356 e. The van der Waals surface area contributed by atoms with Gasteiger partial charge >= 0.3 is 0 Å². The molecule has 5 nitrogen and oxygen atoms in total. The summed E-state index contributed by atoms with van der Waals surface area (Å²) < 4.78 is 0. The SMILES string of the molecule is Cc1ccc2cc(C(=O)N(C)C3CCN(c4ccccn4)CC3)[nH]c2c1. The molecule has 134 valence electrons. The topological polar surface area (TPSA) is 52.2 Å². The lowest BCUT2D eigenvalue weighted by Gasteiger charge is -2.37. The average molecular weight is 348 g/mol. The summed E-state index contributed by atoms with van der Waals surface area (Å²) in [7, 11) is 1.92. The van der Waals surface area contributed by atoms with Crippen molar-refractivity contribution in [2.75, 3.05) is 25.0 Å². The van der Waals surface area contributed by atoms with Gasteiger partial charge < -0.3 is 14.8 Å². The first-order valence-electron chi connectivity index (χ1n) is 9.14. The molecule has 1 saturated heterocycles. The molecule has 1 N–H and O–H groups in total. The molecule has 4 rings (SSSR count). The number of H-pyrrole nitrogens is 1. The number of amides is 1. The molecule has 1 aromatic carbocycles. The molecule has 0 aliphatic carbocycles. The number of fused-ring (bicyclic) bond motifs is 1. The zero-order chi connectivity index (χ0) is 18.1. The second-order valence-corrected chi connectivity index (χ2v) is 7.10. The van der Waals surface area contributed by atoms with Crippen molar-refractivity contribution < 1.29 is 4.79 Å². The third-order valence-electron chi connectivity index (χ3n) is 5.31. The Morgan fingerprint density at radius 3 is 2.73 bits per heavy atom. The van der Waals surface area contributed by atoms with Gasteiger partial charge in [0.25, 0.3) is 5.91 Å². The van der Waals surface area contributed by atoms with E-state index in [9.17, 15) is 4.79 Å². The van der Waals surface area contributed by atoms with Gasteiger partial charge in [0.1, 0.15) is 11.5 Å². The van der Waals surface area contributed by atoms with Crippen molar-refractivity contribution in [1.82, 2.24) is 14.9 Å². The summed E-state index contributed by atoms with van der Waals surface area (Å²) in [5.41, 5.74) is 2.88. The lowest BCUT2D eigenvalue weighted by atomic mass is 10.0. The number of aryl methyl sites for hydroxylation is 1. The zero-order valence-corrected chi connectivity index (χ0v) is 15.3. The van der Waals surface area contributed by atoms with Crippen LogP contribution in [-0.4, -0.2) is 47.0 Å². The van der Waals surface area contributed by atoms with E-state index >= 15 is 0 Å². The molecule has 2 aromatic heterocycles. The molecular weight excluding hydrogens is 324 g/mol. The van der Waals surface area contributed by atoms with Crippen LogP contribution in [0.5, 0.6) is 0 Å². The van der Waals surface area contributed by atoms with E-state index in [0.717, 1.165) is 42.7 Å². The molecule has 26 heavy (non-hydrogen) atoms. The minimum atomic E-state index is 0.0649. The van der Waals surface area contributed by atoms with Crippen LogP contribution in [0.15, 0.2) is 48.7 Å². The number of nitrogens with one attached hydrogen (secondary N) is 1. The fourth-order valence-electron chi connectivity index (χ4n) is 3.73. The summed E-state index contributed by atoms with van der Waals surface area (Å²) in [6.07, 6.45) is 3.74. The molecule has 0 spiro atoms. The highest BCUT2D eigenvalue weighted by atomic mass is 16.2. The minimum absolute atomic E-state index is 0.0649. The number of piperidine rings is 1. The van der Waals surface area contributed by atoms with Crippen molar-refractivity contribution in [2.45, 2.75) is 25.8 Å². The maximum atomic E-state index is 12.9. The van der Waals surface area contributed by atoms with Gasteiger partial charge in [0, 0.05) is 43.3 Å². The summed E-state index contributed by atoms with van der Waals surface area (Å²) in [6, 6.07) is 14.4. The number of aromatic nitrogens is 2. The van der Waals surface area contributed by atoms with Gasteiger partial charge in [0.05, 0.1) is 0 Å². The fraction of sp³-hybridized carbons (Fsp3) is 0.333. The normalized spacial score (nSPS) is 15.4. The lowest BCUT2D eigenvalue weighted by Crippen LogP contribution is -2.46. The van der Waals surface area contributed by atoms with E-state index in [1.807, 2.05) is 42.4 Å². The summed E-state index contributed by atoms with van der Waals surface area (Å²) in [4.78, 5) is 24.8. The van der Waals surface area contributed by atoms with Gasteiger partial charge in [0.2, 0.25) is 0 Å². The predicted octanol–water partition coefficient (Wildman–Crippen LogP) is 3.61. The molecular formula is C21H24N4O. The number of hydrogen-bond acceptors (Lipinski definition) is 3. The van der Waals surface area contributed by atoms with E-state index in [-0.39, 0.29) is 11.9 Å². The number of nitrogens with zero attached hydrogens (tertiary/aromatic N) is 3. The second-order valence-electron chi connectivity index (χ2n) is 7.10. The molecule has 0 unspecified atom stereocenters. The summed E-state index contributed by atoms with van der Waals surface area (Å²) in [6.45, 7) is 3.90. The lowest BCUT2D eigenvalue weighted by molar-refractivity contribution is 0.0704. The van der Waals surface area contributed by atoms with E-state index in [2.05, 4.69) is 40.0 Å². The van der Waals surface area contributed by atoms with Crippen molar-refractivity contribution >= 4 is 22.6 Å². The van der Waals surface area contributed by atoms with Gasteiger partial charge in [-0.1, -0.05) is 18.2 Å². The van der Waals surface area contributed by atoms with E-state index in [4.69, 9.17) is 0 Å². The Hall–Kier alpha value is -2.82. The highest BCUT2D eigenvalue weighted by Gasteiger charge is 2.27. The molecule has 0 bridgehead atoms. The second kappa shape index (κ2) is 6.83. The number of benzene rings is 1. The quantitative estimate of drug-likeness (QED) is 0.787. The van der Waals surface area contributed by atoms with E-state index in [1.54, 1.807) is 0 Å². The maximum Gasteiger partial charge on any atom is 0.270 e. The van der Waals surface area contributed by atoms with E-state index in [1.165, 1.54) is 5.56 Å². The summed E-state index contributed by atoms with van der Waals surface area (Å²) in [5.74, 6) is 1.08. The molecule has 1 fully saturated rings. The van der Waals surface area contributed by atoms with Gasteiger partial charge in [0.15, 0.2) is 0 Å². The molecule has 1 amide bonds. The van der Waals surface area contributed by atoms with Gasteiger partial charge in [-0.2, -0.15) is 0 Å². The van der Waals surface area contributed by atoms with Crippen LogP contribution in [0.2, 0.25) is 0 Å². The Bertz CT molecular complexity index is 910. The van der Waals surface area contributed by atoms with Crippen molar-refractivity contribution in [2.24, 2.45) is 0 Å². The van der Waals surface area contributed by atoms with Crippen molar-refractivity contribution in [3.63, 3.8) is 0 Å². The van der Waals surface area contributed by atoms with Gasteiger partial charge in [-0.25, -0.2) is 4.98 Å². The summed E-state index contributed by atoms with van der Waals surface area (Å²) >= 11 is 0. The third kappa shape index (κ3) is 3.17. The van der Waals surface area contributed by atoms with E-state index in [0.29, 0.717) is 5.69 Å². The van der Waals surface area contributed by atoms with Crippen LogP contribution < -0.4 is 4.90 Å². The number of carbonyl (C=O) groups excluding carboxylic acids is 1. The Morgan fingerprint density at radius 2 is 2.00 bits per heavy atom. The number of aromatic amines is 1. The Balaban J connectivity index is 1.44. The van der Waals surface area contributed by atoms with E-state index < -0.39 is 0 Å². The Morgan fingerprint density at radius 1 is 1.19 bits per heavy atom. The number of pyridine rings is 1. The fourth-order valence-corrected chi connectivity index (χ4v) is 3.73. The van der Waals surface area contributed by atoms with Crippen molar-refractivity contribution in [1.29, 1.82) is 0 Å². The minimum Gasteiger partial charge on any atom is -0.356 e.